The smallest absolute Gasteiger partial charge is 0.224 e. The molecule has 2 heterocycles. The maximum absolute atomic E-state index is 13.8. The number of amides is 1. The zero-order valence-corrected chi connectivity index (χ0v) is 19.7. The standard InChI is InChI=1S/C27H32FN3O3/c1-21-11-14-31(29-21)15-12-27(32)30(20-25-9-5-16-33-25)19-22-6-4-8-24(18-22)34-17-13-23-7-2-3-10-26(23)28/h2-4,6-8,10-11,14,18,25H,5,9,12-13,15-17,19-20H2,1H3. The molecule has 2 aromatic carbocycles. The molecule has 7 heteroatoms. The van der Waals surface area contributed by atoms with Gasteiger partial charge < -0.3 is 14.4 Å². The fourth-order valence-electron chi connectivity index (χ4n) is 4.18. The molecule has 180 valence electrons. The predicted molar refractivity (Wildman–Crippen MR) is 128 cm³/mol. The summed E-state index contributed by atoms with van der Waals surface area (Å²) in [5.41, 5.74) is 2.57. The zero-order chi connectivity index (χ0) is 23.8. The molecule has 1 fully saturated rings. The summed E-state index contributed by atoms with van der Waals surface area (Å²) in [5, 5.41) is 4.38. The highest BCUT2D eigenvalue weighted by Crippen LogP contribution is 2.19. The molecule has 1 aromatic heterocycles. The number of carbonyl (C=O) groups is 1. The van der Waals surface area contributed by atoms with Crippen LogP contribution in [-0.2, 0) is 29.0 Å². The van der Waals surface area contributed by atoms with Crippen molar-refractivity contribution in [3.8, 4) is 5.75 Å². The first kappa shape index (κ1) is 24.0. The van der Waals surface area contributed by atoms with Crippen LogP contribution >= 0.6 is 0 Å². The molecule has 34 heavy (non-hydrogen) atoms. The Hall–Kier alpha value is -3.19. The molecule has 1 unspecified atom stereocenters. The molecule has 6 nitrogen and oxygen atoms in total. The SMILES string of the molecule is Cc1ccn(CCC(=O)N(Cc2cccc(OCCc3ccccc3F)c2)CC2CCCO2)n1. The number of aromatic nitrogens is 2. The Morgan fingerprint density at radius 2 is 2.12 bits per heavy atom. The predicted octanol–water partition coefficient (Wildman–Crippen LogP) is 4.55. The molecule has 1 aliphatic rings. The Balaban J connectivity index is 1.36. The maximum Gasteiger partial charge on any atom is 0.224 e. The molecular weight excluding hydrogens is 433 g/mol. The average Bonchev–Trinajstić information content (AvgIpc) is 3.50. The van der Waals surface area contributed by atoms with Gasteiger partial charge in [0.25, 0.3) is 0 Å². The largest absolute Gasteiger partial charge is 0.493 e. The zero-order valence-electron chi connectivity index (χ0n) is 19.7. The number of carbonyl (C=O) groups excluding carboxylic acids is 1. The van der Waals surface area contributed by atoms with Crippen LogP contribution in [0.1, 0.15) is 36.1 Å². The number of rotatable bonds is 11. The van der Waals surface area contributed by atoms with Gasteiger partial charge in [-0.2, -0.15) is 5.10 Å². The highest BCUT2D eigenvalue weighted by atomic mass is 19.1. The van der Waals surface area contributed by atoms with Crippen molar-refractivity contribution in [1.82, 2.24) is 14.7 Å². The summed E-state index contributed by atoms with van der Waals surface area (Å²) in [4.78, 5) is 15.0. The highest BCUT2D eigenvalue weighted by Gasteiger charge is 2.23. The van der Waals surface area contributed by atoms with Crippen molar-refractivity contribution in [3.63, 3.8) is 0 Å². The van der Waals surface area contributed by atoms with Gasteiger partial charge in [-0.3, -0.25) is 9.48 Å². The average molecular weight is 466 g/mol. The molecule has 0 N–H and O–H groups in total. The Labute approximate surface area is 200 Å². The molecule has 1 amide bonds. The van der Waals surface area contributed by atoms with Crippen molar-refractivity contribution >= 4 is 5.91 Å². The third kappa shape index (κ3) is 6.90. The fourth-order valence-corrected chi connectivity index (χ4v) is 4.18. The van der Waals surface area contributed by atoms with E-state index < -0.39 is 0 Å². The summed E-state index contributed by atoms with van der Waals surface area (Å²) in [7, 11) is 0. The van der Waals surface area contributed by atoms with Gasteiger partial charge in [-0.25, -0.2) is 4.39 Å². The van der Waals surface area contributed by atoms with E-state index in [2.05, 4.69) is 5.10 Å². The van der Waals surface area contributed by atoms with Crippen LogP contribution in [0.25, 0.3) is 0 Å². The number of aryl methyl sites for hydroxylation is 2. The molecule has 1 atom stereocenters. The number of nitrogens with zero attached hydrogens (tertiary/aromatic N) is 3. The molecule has 4 rings (SSSR count). The Morgan fingerprint density at radius 3 is 2.88 bits per heavy atom. The normalized spacial score (nSPS) is 15.4. The van der Waals surface area contributed by atoms with Crippen molar-refractivity contribution < 1.29 is 18.7 Å². The summed E-state index contributed by atoms with van der Waals surface area (Å²) < 4.78 is 27.3. The lowest BCUT2D eigenvalue weighted by atomic mass is 10.1. The Kier molecular flexibility index (Phi) is 8.31. The molecule has 1 aliphatic heterocycles. The first-order valence-corrected chi connectivity index (χ1v) is 11.9. The van der Waals surface area contributed by atoms with Gasteiger partial charge in [0.2, 0.25) is 5.91 Å². The van der Waals surface area contributed by atoms with Gasteiger partial charge >= 0.3 is 0 Å². The van der Waals surface area contributed by atoms with E-state index in [1.165, 1.54) is 6.07 Å². The van der Waals surface area contributed by atoms with E-state index in [-0.39, 0.29) is 17.8 Å². The van der Waals surface area contributed by atoms with Crippen LogP contribution < -0.4 is 4.74 Å². The molecule has 0 radical (unpaired) electrons. The molecule has 0 bridgehead atoms. The van der Waals surface area contributed by atoms with Gasteiger partial charge in [0.1, 0.15) is 11.6 Å². The summed E-state index contributed by atoms with van der Waals surface area (Å²) in [6, 6.07) is 16.4. The lowest BCUT2D eigenvalue weighted by Crippen LogP contribution is -2.37. The van der Waals surface area contributed by atoms with E-state index in [0.29, 0.717) is 50.4 Å². The minimum atomic E-state index is -0.214. The van der Waals surface area contributed by atoms with Gasteiger partial charge in [0.05, 0.1) is 18.4 Å². The number of hydrogen-bond donors (Lipinski definition) is 0. The van der Waals surface area contributed by atoms with Crippen molar-refractivity contribution in [3.05, 3.63) is 83.4 Å². The van der Waals surface area contributed by atoms with Crippen LogP contribution in [0.3, 0.4) is 0 Å². The molecule has 0 saturated carbocycles. The monoisotopic (exact) mass is 465 g/mol. The van der Waals surface area contributed by atoms with Gasteiger partial charge in [0.15, 0.2) is 0 Å². The van der Waals surface area contributed by atoms with Gasteiger partial charge in [0, 0.05) is 45.3 Å². The van der Waals surface area contributed by atoms with E-state index in [4.69, 9.17) is 9.47 Å². The van der Waals surface area contributed by atoms with E-state index in [9.17, 15) is 9.18 Å². The van der Waals surface area contributed by atoms with E-state index >= 15 is 0 Å². The van der Waals surface area contributed by atoms with Crippen LogP contribution in [0.4, 0.5) is 4.39 Å². The van der Waals surface area contributed by atoms with Gasteiger partial charge in [-0.1, -0.05) is 30.3 Å². The maximum atomic E-state index is 13.8. The number of hydrogen-bond acceptors (Lipinski definition) is 4. The minimum absolute atomic E-state index is 0.0783. The van der Waals surface area contributed by atoms with Crippen LogP contribution in [0.2, 0.25) is 0 Å². The summed E-state index contributed by atoms with van der Waals surface area (Å²) >= 11 is 0. The van der Waals surface area contributed by atoms with E-state index in [0.717, 1.165) is 30.7 Å². The summed E-state index contributed by atoms with van der Waals surface area (Å²) in [6.45, 7) is 4.69. The van der Waals surface area contributed by atoms with Gasteiger partial charge in [-0.15, -0.1) is 0 Å². The van der Waals surface area contributed by atoms with Crippen molar-refractivity contribution in [2.24, 2.45) is 0 Å². The first-order chi connectivity index (χ1) is 16.6. The number of benzene rings is 2. The second-order valence-corrected chi connectivity index (χ2v) is 8.72. The second-order valence-electron chi connectivity index (χ2n) is 8.72. The minimum Gasteiger partial charge on any atom is -0.493 e. The van der Waals surface area contributed by atoms with Crippen molar-refractivity contribution in [2.45, 2.75) is 51.8 Å². The van der Waals surface area contributed by atoms with Crippen LogP contribution in [0.5, 0.6) is 5.75 Å². The van der Waals surface area contributed by atoms with Crippen LogP contribution in [0, 0.1) is 12.7 Å². The molecule has 0 spiro atoms. The van der Waals surface area contributed by atoms with Crippen LogP contribution in [0.15, 0.2) is 60.8 Å². The lowest BCUT2D eigenvalue weighted by molar-refractivity contribution is -0.133. The topological polar surface area (TPSA) is 56.6 Å². The fraction of sp³-hybridized carbons (Fsp3) is 0.407. The molecule has 3 aromatic rings. The third-order valence-corrected chi connectivity index (χ3v) is 6.00. The second kappa shape index (κ2) is 11.8. The third-order valence-electron chi connectivity index (χ3n) is 6.00. The number of halogens is 1. The molecular formula is C27H32FN3O3. The van der Waals surface area contributed by atoms with Crippen molar-refractivity contribution in [1.29, 1.82) is 0 Å². The molecule has 0 aliphatic carbocycles. The highest BCUT2D eigenvalue weighted by molar-refractivity contribution is 5.76. The Bertz CT molecular complexity index is 1080. The Morgan fingerprint density at radius 1 is 1.24 bits per heavy atom. The van der Waals surface area contributed by atoms with Gasteiger partial charge in [-0.05, 0) is 55.2 Å². The first-order valence-electron chi connectivity index (χ1n) is 11.9. The lowest BCUT2D eigenvalue weighted by Gasteiger charge is -2.26. The number of ether oxygens (including phenoxy) is 2. The van der Waals surface area contributed by atoms with E-state index in [1.807, 2.05) is 59.1 Å². The van der Waals surface area contributed by atoms with Crippen LogP contribution in [-0.4, -0.2) is 46.5 Å². The summed E-state index contributed by atoms with van der Waals surface area (Å²) in [6.07, 6.45) is 4.86. The quantitative estimate of drug-likeness (QED) is 0.417. The summed E-state index contributed by atoms with van der Waals surface area (Å²) in [5.74, 6) is 0.577. The van der Waals surface area contributed by atoms with Crippen molar-refractivity contribution in [2.75, 3.05) is 19.8 Å². The van der Waals surface area contributed by atoms with E-state index in [1.54, 1.807) is 12.1 Å². The molecule has 1 saturated heterocycles.